The molecule has 0 saturated carbocycles. The van der Waals surface area contributed by atoms with Gasteiger partial charge in [-0.15, -0.1) is 0 Å². The highest BCUT2D eigenvalue weighted by Crippen LogP contribution is 2.18. The molecule has 2 atom stereocenters. The lowest BCUT2D eigenvalue weighted by atomic mass is 10.3. The largest absolute Gasteiger partial charge is 0.607 e. The predicted octanol–water partition coefficient (Wildman–Crippen LogP) is -0.394. The number of nitro benzene ring substituents is 1. The Morgan fingerprint density at radius 1 is 1.44 bits per heavy atom. The lowest BCUT2D eigenvalue weighted by Gasteiger charge is -2.01. The Labute approximate surface area is 102 Å². The van der Waals surface area contributed by atoms with Crippen LogP contribution in [0.5, 0.6) is 0 Å². The van der Waals surface area contributed by atoms with Crippen molar-refractivity contribution in [2.24, 2.45) is 4.74 Å². The SMILES string of the molecule is O=C(O)[C@H](CO)N=[P+]([O-])c1ccc([N+](=O)[O-])cc1. The molecule has 0 saturated heterocycles. The van der Waals surface area contributed by atoms with Gasteiger partial charge in [-0.3, -0.25) is 10.1 Å². The normalized spacial score (nSPS) is 13.1. The van der Waals surface area contributed by atoms with Gasteiger partial charge < -0.3 is 15.1 Å². The topological polar surface area (TPSA) is 136 Å². The fraction of sp³-hybridized carbons (Fsp3) is 0.222. The van der Waals surface area contributed by atoms with Crippen LogP contribution in [0.25, 0.3) is 0 Å². The molecule has 18 heavy (non-hydrogen) atoms. The Morgan fingerprint density at radius 3 is 2.39 bits per heavy atom. The fourth-order valence-electron chi connectivity index (χ4n) is 1.06. The zero-order chi connectivity index (χ0) is 13.7. The lowest BCUT2D eigenvalue weighted by molar-refractivity contribution is -0.384. The van der Waals surface area contributed by atoms with Gasteiger partial charge in [0.15, 0.2) is 5.30 Å². The molecule has 0 spiro atoms. The average Bonchev–Trinajstić information content (AvgIpc) is 2.35. The third-order valence-electron chi connectivity index (χ3n) is 1.98. The molecule has 0 aliphatic rings. The van der Waals surface area contributed by atoms with Gasteiger partial charge in [0, 0.05) is 12.1 Å². The second-order valence-electron chi connectivity index (χ2n) is 3.20. The first kappa shape index (κ1) is 14.2. The van der Waals surface area contributed by atoms with Gasteiger partial charge in [-0.25, -0.2) is 4.79 Å². The van der Waals surface area contributed by atoms with E-state index in [1.165, 1.54) is 12.1 Å². The van der Waals surface area contributed by atoms with E-state index in [1.807, 2.05) is 0 Å². The molecule has 0 bridgehead atoms. The minimum atomic E-state index is -2.37. The van der Waals surface area contributed by atoms with Gasteiger partial charge in [0.1, 0.15) is 0 Å². The number of nitro groups is 1. The van der Waals surface area contributed by atoms with Gasteiger partial charge in [-0.1, -0.05) is 4.74 Å². The summed E-state index contributed by atoms with van der Waals surface area (Å²) >= 11 is 0. The zero-order valence-corrected chi connectivity index (χ0v) is 9.86. The first-order valence-electron chi connectivity index (χ1n) is 4.72. The van der Waals surface area contributed by atoms with Gasteiger partial charge in [0.25, 0.3) is 5.69 Å². The maximum absolute atomic E-state index is 11.6. The van der Waals surface area contributed by atoms with Crippen molar-refractivity contribution in [1.29, 1.82) is 0 Å². The maximum atomic E-state index is 11.6. The molecular formula is C9H9N2O6P. The summed E-state index contributed by atoms with van der Waals surface area (Å²) < 4.78 is 3.43. The number of aliphatic hydroxyl groups excluding tert-OH is 1. The number of nitrogens with zero attached hydrogens (tertiary/aromatic N) is 2. The highest BCUT2D eigenvalue weighted by atomic mass is 31.1. The highest BCUT2D eigenvalue weighted by Gasteiger charge is 2.20. The molecule has 9 heteroatoms. The van der Waals surface area contributed by atoms with E-state index in [4.69, 9.17) is 10.2 Å². The first-order valence-corrected chi connectivity index (χ1v) is 5.93. The molecule has 96 valence electrons. The zero-order valence-electron chi connectivity index (χ0n) is 8.96. The van der Waals surface area contributed by atoms with Crippen LogP contribution < -0.4 is 10.2 Å². The average molecular weight is 272 g/mol. The molecule has 1 aromatic rings. The Morgan fingerprint density at radius 2 is 2.00 bits per heavy atom. The molecule has 0 aromatic heterocycles. The summed E-state index contributed by atoms with van der Waals surface area (Å²) in [6.45, 7) is -0.761. The van der Waals surface area contributed by atoms with Gasteiger partial charge >= 0.3 is 5.97 Å². The van der Waals surface area contributed by atoms with Gasteiger partial charge in [-0.2, -0.15) is 0 Å². The minimum Gasteiger partial charge on any atom is -0.607 e. The Bertz CT molecular complexity index is 486. The van der Waals surface area contributed by atoms with Crippen LogP contribution >= 0.6 is 7.94 Å². The van der Waals surface area contributed by atoms with E-state index >= 15 is 0 Å². The van der Waals surface area contributed by atoms with Crippen molar-refractivity contribution in [2.45, 2.75) is 6.04 Å². The van der Waals surface area contributed by atoms with Crippen molar-refractivity contribution >= 4 is 24.9 Å². The number of benzene rings is 1. The van der Waals surface area contributed by atoms with Gasteiger partial charge in [0.05, 0.1) is 11.5 Å². The third kappa shape index (κ3) is 3.56. The van der Waals surface area contributed by atoms with Crippen LogP contribution in [0.2, 0.25) is 0 Å². The highest BCUT2D eigenvalue weighted by molar-refractivity contribution is 7.48. The maximum Gasteiger partial charge on any atom is 0.335 e. The number of hydrogen-bond donors (Lipinski definition) is 2. The molecule has 1 rings (SSSR count). The molecule has 1 aromatic carbocycles. The van der Waals surface area contributed by atoms with E-state index < -0.39 is 31.5 Å². The van der Waals surface area contributed by atoms with Crippen LogP contribution in [0.15, 0.2) is 29.0 Å². The smallest absolute Gasteiger partial charge is 0.335 e. The number of aliphatic hydroxyl groups is 1. The van der Waals surface area contributed by atoms with E-state index in [1.54, 1.807) is 0 Å². The molecule has 0 heterocycles. The number of carboxylic acid groups (broad SMARTS) is 1. The summed E-state index contributed by atoms with van der Waals surface area (Å²) in [5.41, 5.74) is -0.168. The van der Waals surface area contributed by atoms with Crippen molar-refractivity contribution in [3.8, 4) is 0 Å². The second kappa shape index (κ2) is 6.15. The number of non-ortho nitro benzene ring substituents is 1. The molecule has 2 N–H and O–H groups in total. The number of rotatable bonds is 5. The monoisotopic (exact) mass is 272 g/mol. The summed E-state index contributed by atoms with van der Waals surface area (Å²) in [4.78, 5) is 32.0. The van der Waals surface area contributed by atoms with Crippen LogP contribution in [0.4, 0.5) is 5.69 Å². The molecule has 0 amide bonds. The van der Waals surface area contributed by atoms with E-state index in [-0.39, 0.29) is 11.0 Å². The van der Waals surface area contributed by atoms with Crippen LogP contribution in [0.3, 0.4) is 0 Å². The predicted molar refractivity (Wildman–Crippen MR) is 60.6 cm³/mol. The minimum absolute atomic E-state index is 0.162. The van der Waals surface area contributed by atoms with Gasteiger partial charge in [0.2, 0.25) is 14.0 Å². The Hall–Kier alpha value is -1.89. The van der Waals surface area contributed by atoms with Crippen LogP contribution in [0, 0.1) is 10.1 Å². The van der Waals surface area contributed by atoms with Crippen molar-refractivity contribution in [3.05, 3.63) is 34.4 Å². The summed E-state index contributed by atoms with van der Waals surface area (Å²) in [6.07, 6.45) is 0. The number of carbonyl (C=O) groups is 1. The van der Waals surface area contributed by atoms with Crippen molar-refractivity contribution < 1.29 is 24.8 Å². The molecule has 0 radical (unpaired) electrons. The Balaban J connectivity index is 2.96. The quantitative estimate of drug-likeness (QED) is 0.425. The van der Waals surface area contributed by atoms with E-state index in [0.717, 1.165) is 12.1 Å². The first-order chi connectivity index (χ1) is 8.45. The van der Waals surface area contributed by atoms with Crippen molar-refractivity contribution in [3.63, 3.8) is 0 Å². The molecule has 0 fully saturated rings. The van der Waals surface area contributed by atoms with Gasteiger partial charge in [-0.05, 0) is 12.1 Å². The summed E-state index contributed by atoms with van der Waals surface area (Å²) in [7, 11) is -2.37. The van der Waals surface area contributed by atoms with Crippen molar-refractivity contribution in [2.75, 3.05) is 6.61 Å². The lowest BCUT2D eigenvalue weighted by Crippen LogP contribution is -2.22. The fourth-order valence-corrected chi connectivity index (χ4v) is 2.02. The summed E-state index contributed by atoms with van der Waals surface area (Å²) in [5.74, 6) is -1.39. The molecule has 8 nitrogen and oxygen atoms in total. The number of hydrogen-bond acceptors (Lipinski definition) is 6. The summed E-state index contributed by atoms with van der Waals surface area (Å²) in [6, 6.07) is 3.29. The third-order valence-corrected chi connectivity index (χ3v) is 3.21. The number of carboxylic acids is 1. The van der Waals surface area contributed by atoms with Crippen LogP contribution in [-0.4, -0.2) is 33.8 Å². The molecule has 0 aliphatic heterocycles. The molecular weight excluding hydrogens is 263 g/mol. The molecule has 1 unspecified atom stereocenters. The van der Waals surface area contributed by atoms with E-state index in [2.05, 4.69) is 4.74 Å². The second-order valence-corrected chi connectivity index (χ2v) is 4.49. The molecule has 0 aliphatic carbocycles. The number of aliphatic carboxylic acids is 1. The van der Waals surface area contributed by atoms with E-state index in [9.17, 15) is 19.8 Å². The van der Waals surface area contributed by atoms with Crippen LogP contribution in [0.1, 0.15) is 0 Å². The van der Waals surface area contributed by atoms with E-state index in [0.29, 0.717) is 0 Å². The summed E-state index contributed by atoms with van der Waals surface area (Å²) in [5, 5.41) is 27.9. The van der Waals surface area contributed by atoms with Crippen molar-refractivity contribution in [1.82, 2.24) is 0 Å². The van der Waals surface area contributed by atoms with Crippen LogP contribution in [-0.2, 0) is 4.79 Å². The Kier molecular flexibility index (Phi) is 4.85. The standard InChI is InChI=1S/C9H9N2O6P/c12-5-8(9(13)14)10-18(17)7-3-1-6(2-4-7)11(15)16/h1-4,8,12H,5H2,(H,13,14)/t8-/m0/s1.